The number of hydrogen-bond acceptors (Lipinski definition) is 2. The van der Waals surface area contributed by atoms with Crippen LogP contribution in [0.4, 0.5) is 26.1 Å². The van der Waals surface area contributed by atoms with Crippen LogP contribution < -0.4 is 0 Å². The number of nitrogens with zero attached hydrogens (tertiary/aromatic N) is 1. The predicted molar refractivity (Wildman–Crippen MR) is 60.7 cm³/mol. The molecule has 0 saturated carbocycles. The van der Waals surface area contributed by atoms with E-state index >= 15 is 0 Å². The molecule has 2 amide bonds. The lowest BCUT2D eigenvalue weighted by molar-refractivity contribution is -0.141. The Morgan fingerprint density at radius 2 is 1.43 bits per heavy atom. The lowest BCUT2D eigenvalue weighted by atomic mass is 9.71. The van der Waals surface area contributed by atoms with Gasteiger partial charge in [0.05, 0.1) is 11.1 Å². The molecule has 0 aliphatic carbocycles. The quantitative estimate of drug-likeness (QED) is 0.489. The zero-order valence-corrected chi connectivity index (χ0v) is 10.2. The highest BCUT2D eigenvalue weighted by atomic mass is 19.4. The highest BCUT2D eigenvalue weighted by Crippen LogP contribution is 2.42. The Hall–Kier alpha value is -2.00. The van der Waals surface area contributed by atoms with Crippen LogP contribution in [0, 0.1) is 0 Å². The standard InChI is InChI=1S/C11H7BF6NO2/c13-11(14,15)8(12(16,17)18)5-19-9(20)6-3-1-2-4-7(6)10(19)21/h1-4,8H,5H2/q-1. The maximum Gasteiger partial charge on any atom is 0.492 e. The fraction of sp³-hybridized carbons (Fsp3) is 0.273. The van der Waals surface area contributed by atoms with Crippen molar-refractivity contribution in [2.45, 2.75) is 12.0 Å². The van der Waals surface area contributed by atoms with E-state index in [4.69, 9.17) is 0 Å². The Morgan fingerprint density at radius 3 is 1.76 bits per heavy atom. The lowest BCUT2D eigenvalue weighted by Gasteiger charge is -2.31. The van der Waals surface area contributed by atoms with E-state index in [1.807, 2.05) is 0 Å². The monoisotopic (exact) mass is 310 g/mol. The summed E-state index contributed by atoms with van der Waals surface area (Å²) >= 11 is 0. The van der Waals surface area contributed by atoms with Gasteiger partial charge in [0.2, 0.25) is 0 Å². The first-order valence-corrected chi connectivity index (χ1v) is 5.75. The summed E-state index contributed by atoms with van der Waals surface area (Å²) in [6, 6.07) is 5.08. The van der Waals surface area contributed by atoms with Crippen molar-refractivity contribution in [1.82, 2.24) is 4.90 Å². The van der Waals surface area contributed by atoms with E-state index in [0.29, 0.717) is 0 Å². The fourth-order valence-electron chi connectivity index (χ4n) is 2.04. The summed E-state index contributed by atoms with van der Waals surface area (Å²) in [6.07, 6.45) is -5.58. The summed E-state index contributed by atoms with van der Waals surface area (Å²) in [5.41, 5.74) is -0.392. The Kier molecular flexibility index (Phi) is 3.50. The molecule has 1 unspecified atom stereocenters. The van der Waals surface area contributed by atoms with E-state index in [2.05, 4.69) is 0 Å². The number of alkyl halides is 3. The minimum absolute atomic E-state index is 0.00192. The fourth-order valence-corrected chi connectivity index (χ4v) is 2.04. The van der Waals surface area contributed by atoms with Crippen molar-refractivity contribution in [3.63, 3.8) is 0 Å². The van der Waals surface area contributed by atoms with Crippen LogP contribution in [-0.2, 0) is 0 Å². The molecule has 0 bridgehead atoms. The van der Waals surface area contributed by atoms with Gasteiger partial charge in [-0.25, -0.2) is 0 Å². The molecule has 0 N–H and O–H groups in total. The van der Waals surface area contributed by atoms with Crippen LogP contribution in [0.2, 0.25) is 5.82 Å². The summed E-state index contributed by atoms with van der Waals surface area (Å²) in [6.45, 7) is -8.04. The van der Waals surface area contributed by atoms with Crippen molar-refractivity contribution in [3.05, 3.63) is 35.4 Å². The molecular weight excluding hydrogens is 303 g/mol. The second-order valence-electron chi connectivity index (χ2n) is 4.54. The molecule has 3 nitrogen and oxygen atoms in total. The minimum atomic E-state index is -6.29. The van der Waals surface area contributed by atoms with Crippen LogP contribution in [-0.4, -0.2) is 36.4 Å². The number of fused-ring (bicyclic) bond motifs is 1. The average molecular weight is 310 g/mol. The molecule has 0 spiro atoms. The summed E-state index contributed by atoms with van der Waals surface area (Å²) in [7, 11) is 0. The van der Waals surface area contributed by atoms with Gasteiger partial charge >= 0.3 is 13.2 Å². The number of hydrogen-bond donors (Lipinski definition) is 0. The Balaban J connectivity index is 2.33. The molecule has 1 aromatic rings. The molecule has 1 heterocycles. The molecule has 114 valence electrons. The van der Waals surface area contributed by atoms with Gasteiger partial charge in [-0.05, 0) is 12.1 Å². The van der Waals surface area contributed by atoms with Crippen LogP contribution in [0.5, 0.6) is 0 Å². The molecular formula is C11H7BF6NO2-. The molecule has 0 fully saturated rings. The van der Waals surface area contributed by atoms with Gasteiger partial charge in [-0.3, -0.25) is 14.5 Å². The third-order valence-corrected chi connectivity index (χ3v) is 3.13. The number of carbonyl (C=O) groups excluding carboxylic acids is 2. The average Bonchev–Trinajstić information content (AvgIpc) is 2.57. The second-order valence-corrected chi connectivity index (χ2v) is 4.54. The topological polar surface area (TPSA) is 37.4 Å². The van der Waals surface area contributed by atoms with Gasteiger partial charge in [0.1, 0.15) is 0 Å². The molecule has 0 radical (unpaired) electrons. The first-order valence-electron chi connectivity index (χ1n) is 5.75. The van der Waals surface area contributed by atoms with E-state index < -0.39 is 37.3 Å². The molecule has 1 aliphatic heterocycles. The van der Waals surface area contributed by atoms with E-state index in [1.165, 1.54) is 24.3 Å². The largest absolute Gasteiger partial charge is 0.492 e. The molecule has 2 rings (SSSR count). The summed E-state index contributed by atoms with van der Waals surface area (Å²) in [4.78, 5) is 23.5. The number of amides is 2. The van der Waals surface area contributed by atoms with E-state index in [-0.39, 0.29) is 16.0 Å². The second kappa shape index (κ2) is 4.78. The minimum Gasteiger partial charge on any atom is -0.448 e. The van der Waals surface area contributed by atoms with Crippen molar-refractivity contribution in [3.8, 4) is 0 Å². The van der Waals surface area contributed by atoms with E-state index in [9.17, 15) is 35.7 Å². The first-order chi connectivity index (χ1) is 9.53. The molecule has 21 heavy (non-hydrogen) atoms. The lowest BCUT2D eigenvalue weighted by Crippen LogP contribution is -2.45. The molecule has 1 atom stereocenters. The third kappa shape index (κ3) is 2.74. The summed E-state index contributed by atoms with van der Waals surface area (Å²) in [5.74, 6) is -6.01. The van der Waals surface area contributed by atoms with Crippen molar-refractivity contribution < 1.29 is 35.7 Å². The smallest absolute Gasteiger partial charge is 0.448 e. The van der Waals surface area contributed by atoms with Crippen LogP contribution in [0.25, 0.3) is 0 Å². The highest BCUT2D eigenvalue weighted by molar-refractivity contribution is 6.60. The third-order valence-electron chi connectivity index (χ3n) is 3.13. The number of carbonyl (C=O) groups is 2. The first kappa shape index (κ1) is 15.4. The SMILES string of the molecule is O=C1c2ccccc2C(=O)N1CC([B-](F)(F)F)C(F)(F)F. The van der Waals surface area contributed by atoms with Gasteiger partial charge in [0, 0.05) is 12.4 Å². The van der Waals surface area contributed by atoms with Gasteiger partial charge < -0.3 is 12.9 Å². The molecule has 1 aliphatic rings. The van der Waals surface area contributed by atoms with Gasteiger partial charge in [-0.1, -0.05) is 12.1 Å². The zero-order chi connectivity index (χ0) is 16.0. The number of imide groups is 1. The van der Waals surface area contributed by atoms with Crippen LogP contribution >= 0.6 is 0 Å². The number of benzene rings is 1. The van der Waals surface area contributed by atoms with E-state index in [0.717, 1.165) is 0 Å². The number of rotatable bonds is 3. The number of halogens is 6. The summed E-state index contributed by atoms with van der Waals surface area (Å²) in [5, 5.41) is 0. The van der Waals surface area contributed by atoms with Gasteiger partial charge in [-0.2, -0.15) is 13.2 Å². The maximum atomic E-state index is 12.5. The molecule has 1 aromatic carbocycles. The molecule has 10 heteroatoms. The zero-order valence-electron chi connectivity index (χ0n) is 10.2. The predicted octanol–water partition coefficient (Wildman–Crippen LogP) is 3.06. The molecule has 0 aromatic heterocycles. The van der Waals surface area contributed by atoms with Crippen molar-refractivity contribution >= 4 is 18.8 Å². The Labute approximate surface area is 114 Å². The Bertz CT molecular complexity index is 548. The van der Waals surface area contributed by atoms with Crippen LogP contribution in [0.15, 0.2) is 24.3 Å². The highest BCUT2D eigenvalue weighted by Gasteiger charge is 2.54. The molecule has 0 saturated heterocycles. The van der Waals surface area contributed by atoms with Crippen LogP contribution in [0.3, 0.4) is 0 Å². The maximum absolute atomic E-state index is 12.5. The van der Waals surface area contributed by atoms with Crippen molar-refractivity contribution in [2.75, 3.05) is 6.54 Å². The van der Waals surface area contributed by atoms with Crippen molar-refractivity contribution in [1.29, 1.82) is 0 Å². The van der Waals surface area contributed by atoms with Gasteiger partial charge in [0.15, 0.2) is 0 Å². The van der Waals surface area contributed by atoms with Crippen molar-refractivity contribution in [2.24, 2.45) is 0 Å². The normalized spacial score (nSPS) is 17.1. The van der Waals surface area contributed by atoms with Gasteiger partial charge in [0.25, 0.3) is 11.8 Å². The van der Waals surface area contributed by atoms with Crippen LogP contribution in [0.1, 0.15) is 20.7 Å². The summed E-state index contributed by atoms with van der Waals surface area (Å²) < 4.78 is 75.1. The van der Waals surface area contributed by atoms with Gasteiger partial charge in [-0.15, -0.1) is 0 Å². The Morgan fingerprint density at radius 1 is 1.00 bits per heavy atom. The van der Waals surface area contributed by atoms with E-state index in [1.54, 1.807) is 0 Å².